The topological polar surface area (TPSA) is 0 Å². The monoisotopic (exact) mass is 330 g/mol. The summed E-state index contributed by atoms with van der Waals surface area (Å²) in [5.74, 6) is 0. The van der Waals surface area contributed by atoms with Crippen molar-refractivity contribution in [1.82, 2.24) is 0 Å². The molecular formula is C8H6Br2Cl2. The molecule has 0 fully saturated rings. The molecule has 0 heterocycles. The molecular weight excluding hydrogens is 327 g/mol. The van der Waals surface area contributed by atoms with Gasteiger partial charge in [-0.15, -0.1) is 0 Å². The summed E-state index contributed by atoms with van der Waals surface area (Å²) in [5.41, 5.74) is 2.34. The lowest BCUT2D eigenvalue weighted by atomic mass is 10.1. The molecule has 4 heteroatoms. The average molecular weight is 333 g/mol. The lowest BCUT2D eigenvalue weighted by Gasteiger charge is -2.05. The van der Waals surface area contributed by atoms with Crippen LogP contribution in [-0.2, 0) is 10.7 Å². The van der Waals surface area contributed by atoms with Gasteiger partial charge in [-0.05, 0) is 23.3 Å². The number of rotatable bonds is 2. The zero-order valence-corrected chi connectivity index (χ0v) is 10.8. The minimum Gasteiger partial charge on any atom is -0.0876 e. The third kappa shape index (κ3) is 2.38. The highest BCUT2D eigenvalue weighted by Crippen LogP contribution is 2.28. The molecule has 0 nitrogen and oxygen atoms in total. The highest BCUT2D eigenvalue weighted by Gasteiger charge is 2.04. The van der Waals surface area contributed by atoms with Gasteiger partial charge in [0.05, 0.1) is 10.0 Å². The van der Waals surface area contributed by atoms with E-state index in [1.54, 1.807) is 0 Å². The van der Waals surface area contributed by atoms with Gasteiger partial charge < -0.3 is 0 Å². The van der Waals surface area contributed by atoms with Crippen LogP contribution in [0.4, 0.5) is 0 Å². The fourth-order valence-electron chi connectivity index (χ4n) is 0.878. The highest BCUT2D eigenvalue weighted by atomic mass is 79.9. The number of alkyl halides is 2. The van der Waals surface area contributed by atoms with Crippen LogP contribution in [0.2, 0.25) is 10.0 Å². The summed E-state index contributed by atoms with van der Waals surface area (Å²) in [7, 11) is 0. The van der Waals surface area contributed by atoms with Crippen molar-refractivity contribution in [2.24, 2.45) is 0 Å². The largest absolute Gasteiger partial charge is 0.0876 e. The molecule has 12 heavy (non-hydrogen) atoms. The van der Waals surface area contributed by atoms with Crippen LogP contribution in [0.25, 0.3) is 0 Å². The van der Waals surface area contributed by atoms with Crippen molar-refractivity contribution in [3.8, 4) is 0 Å². The molecule has 0 saturated heterocycles. The van der Waals surface area contributed by atoms with E-state index in [0.717, 1.165) is 10.7 Å². The van der Waals surface area contributed by atoms with E-state index in [1.807, 2.05) is 12.1 Å². The fraction of sp³-hybridized carbons (Fsp3) is 0.250. The Balaban J connectivity index is 3.19. The van der Waals surface area contributed by atoms with Crippen LogP contribution < -0.4 is 0 Å². The Bertz CT molecular complexity index is 258. The Morgan fingerprint density at radius 2 is 1.25 bits per heavy atom. The lowest BCUT2D eigenvalue weighted by molar-refractivity contribution is 1.30. The normalized spacial score (nSPS) is 10.3. The summed E-state index contributed by atoms with van der Waals surface area (Å²) < 4.78 is 0. The summed E-state index contributed by atoms with van der Waals surface area (Å²) in [6.45, 7) is 0. The number of halogens is 4. The molecule has 0 aliphatic heterocycles. The van der Waals surface area contributed by atoms with E-state index in [4.69, 9.17) is 23.2 Å². The first-order chi connectivity index (χ1) is 5.69. The molecule has 0 aromatic heterocycles. The summed E-state index contributed by atoms with van der Waals surface area (Å²) in [4.78, 5) is 0. The van der Waals surface area contributed by atoms with Crippen LogP contribution in [0, 0.1) is 0 Å². The van der Waals surface area contributed by atoms with Crippen LogP contribution in [0.3, 0.4) is 0 Å². The molecule has 0 bridgehead atoms. The van der Waals surface area contributed by atoms with Gasteiger partial charge in [0.2, 0.25) is 0 Å². The van der Waals surface area contributed by atoms with Crippen molar-refractivity contribution in [3.63, 3.8) is 0 Å². The average Bonchev–Trinajstić information content (AvgIpc) is 2.09. The van der Waals surface area contributed by atoms with E-state index in [2.05, 4.69) is 31.9 Å². The summed E-state index contributed by atoms with van der Waals surface area (Å²) >= 11 is 18.5. The first kappa shape index (κ1) is 10.8. The second-order valence-corrected chi connectivity index (χ2v) is 4.24. The molecule has 0 unspecified atom stereocenters. The minimum absolute atomic E-state index is 0.607. The minimum atomic E-state index is 0.607. The Morgan fingerprint density at radius 1 is 0.917 bits per heavy atom. The number of hydrogen-bond acceptors (Lipinski definition) is 0. The smallest absolute Gasteiger partial charge is 0.0595 e. The van der Waals surface area contributed by atoms with Gasteiger partial charge in [-0.25, -0.2) is 0 Å². The summed E-state index contributed by atoms with van der Waals surface area (Å²) in [6.07, 6.45) is 0. The first-order valence-electron chi connectivity index (χ1n) is 3.27. The van der Waals surface area contributed by atoms with Gasteiger partial charge >= 0.3 is 0 Å². The highest BCUT2D eigenvalue weighted by molar-refractivity contribution is 9.09. The molecule has 1 rings (SSSR count). The van der Waals surface area contributed by atoms with Crippen molar-refractivity contribution in [3.05, 3.63) is 33.3 Å². The van der Waals surface area contributed by atoms with E-state index in [-0.39, 0.29) is 0 Å². The lowest BCUT2D eigenvalue weighted by Crippen LogP contribution is -1.88. The quantitative estimate of drug-likeness (QED) is 0.683. The summed E-state index contributed by atoms with van der Waals surface area (Å²) in [6, 6.07) is 3.77. The molecule has 0 spiro atoms. The Labute approximate surface area is 98.5 Å². The second kappa shape index (κ2) is 4.85. The van der Waals surface area contributed by atoms with Gasteiger partial charge in [0.25, 0.3) is 0 Å². The Morgan fingerprint density at radius 3 is 1.50 bits per heavy atom. The molecule has 0 amide bonds. The third-order valence-corrected chi connectivity index (χ3v) is 3.46. The zero-order chi connectivity index (χ0) is 9.14. The third-order valence-electron chi connectivity index (χ3n) is 1.53. The molecule has 66 valence electrons. The van der Waals surface area contributed by atoms with Crippen LogP contribution in [0.5, 0.6) is 0 Å². The van der Waals surface area contributed by atoms with Gasteiger partial charge in [-0.2, -0.15) is 0 Å². The van der Waals surface area contributed by atoms with Gasteiger partial charge in [0.15, 0.2) is 0 Å². The van der Waals surface area contributed by atoms with E-state index in [9.17, 15) is 0 Å². The van der Waals surface area contributed by atoms with Gasteiger partial charge in [-0.3, -0.25) is 0 Å². The molecule has 0 saturated carbocycles. The molecule has 0 atom stereocenters. The van der Waals surface area contributed by atoms with Gasteiger partial charge in [0.1, 0.15) is 0 Å². The van der Waals surface area contributed by atoms with Crippen LogP contribution >= 0.6 is 55.1 Å². The predicted molar refractivity (Wildman–Crippen MR) is 61.7 cm³/mol. The van der Waals surface area contributed by atoms with Crippen molar-refractivity contribution in [2.75, 3.05) is 0 Å². The molecule has 0 N–H and O–H groups in total. The number of hydrogen-bond donors (Lipinski definition) is 0. The van der Waals surface area contributed by atoms with Crippen molar-refractivity contribution in [2.45, 2.75) is 10.7 Å². The maximum Gasteiger partial charge on any atom is 0.0595 e. The van der Waals surface area contributed by atoms with Gasteiger partial charge in [-0.1, -0.05) is 55.1 Å². The molecule has 0 aliphatic rings. The van der Waals surface area contributed by atoms with E-state index >= 15 is 0 Å². The molecule has 0 aliphatic carbocycles. The maximum absolute atomic E-state index is 5.85. The fourth-order valence-corrected chi connectivity index (χ4v) is 2.29. The number of benzene rings is 1. The van der Waals surface area contributed by atoms with Crippen molar-refractivity contribution >= 4 is 55.1 Å². The van der Waals surface area contributed by atoms with Crippen molar-refractivity contribution in [1.29, 1.82) is 0 Å². The maximum atomic E-state index is 5.85. The molecule has 0 radical (unpaired) electrons. The van der Waals surface area contributed by atoms with Crippen molar-refractivity contribution < 1.29 is 0 Å². The standard InChI is InChI=1S/C8H6Br2Cl2/c9-3-5-1-7(11)8(12)2-6(5)4-10/h1-2H,3-4H2. The van der Waals surface area contributed by atoms with Crippen LogP contribution in [0.1, 0.15) is 11.1 Å². The molecule has 1 aromatic carbocycles. The SMILES string of the molecule is Clc1cc(CBr)c(CBr)cc1Cl. The summed E-state index contributed by atoms with van der Waals surface area (Å²) in [5, 5.41) is 2.81. The van der Waals surface area contributed by atoms with E-state index in [0.29, 0.717) is 10.0 Å². The Hall–Kier alpha value is 0.760. The van der Waals surface area contributed by atoms with Gasteiger partial charge in [0, 0.05) is 10.7 Å². The zero-order valence-electron chi connectivity index (χ0n) is 6.08. The van der Waals surface area contributed by atoms with E-state index in [1.165, 1.54) is 11.1 Å². The second-order valence-electron chi connectivity index (χ2n) is 2.30. The van der Waals surface area contributed by atoms with Crippen LogP contribution in [0.15, 0.2) is 12.1 Å². The van der Waals surface area contributed by atoms with E-state index < -0.39 is 0 Å². The van der Waals surface area contributed by atoms with Crippen LogP contribution in [-0.4, -0.2) is 0 Å². The predicted octanol–water partition coefficient (Wildman–Crippen LogP) is 4.78. The molecule has 1 aromatic rings. The Kier molecular flexibility index (Phi) is 4.38. The first-order valence-corrected chi connectivity index (χ1v) is 6.27.